The van der Waals surface area contributed by atoms with Crippen LogP contribution in [-0.4, -0.2) is 16.1 Å². The van der Waals surface area contributed by atoms with Gasteiger partial charge in [-0.25, -0.2) is 4.98 Å². The summed E-state index contributed by atoms with van der Waals surface area (Å²) in [5.41, 5.74) is 2.63. The van der Waals surface area contributed by atoms with Crippen molar-refractivity contribution in [3.05, 3.63) is 53.6 Å². The molecule has 0 amide bonds. The van der Waals surface area contributed by atoms with Crippen LogP contribution in [0, 0.1) is 6.92 Å². The second-order valence-electron chi connectivity index (χ2n) is 6.03. The van der Waals surface area contributed by atoms with E-state index in [1.165, 1.54) is 11.1 Å². The Balaban J connectivity index is 2.33. The third-order valence-corrected chi connectivity index (χ3v) is 4.00. The highest BCUT2D eigenvalue weighted by molar-refractivity contribution is 5.25. The lowest BCUT2D eigenvalue weighted by Crippen LogP contribution is -2.29. The molecule has 0 aliphatic rings. The quantitative estimate of drug-likeness (QED) is 0.861. The zero-order valence-electron chi connectivity index (χ0n) is 13.8. The van der Waals surface area contributed by atoms with Crippen LogP contribution in [0.5, 0.6) is 0 Å². The molecule has 1 aromatic carbocycles. The van der Waals surface area contributed by atoms with E-state index in [-0.39, 0.29) is 0 Å². The molecule has 1 aromatic heterocycles. The van der Waals surface area contributed by atoms with Crippen LogP contribution >= 0.6 is 0 Å². The molecule has 0 saturated carbocycles. The minimum atomic E-state index is 0.294. The number of aryl methyl sites for hydroxylation is 1. The largest absolute Gasteiger partial charge is 0.330 e. The van der Waals surface area contributed by atoms with Gasteiger partial charge in [0.15, 0.2) is 0 Å². The Morgan fingerprint density at radius 1 is 1.14 bits per heavy atom. The van der Waals surface area contributed by atoms with Gasteiger partial charge in [0.25, 0.3) is 0 Å². The maximum absolute atomic E-state index is 4.52. The lowest BCUT2D eigenvalue weighted by atomic mass is 9.98. The van der Waals surface area contributed by atoms with Gasteiger partial charge in [0, 0.05) is 18.3 Å². The summed E-state index contributed by atoms with van der Waals surface area (Å²) in [5.74, 6) is 1.58. The minimum absolute atomic E-state index is 0.294. The molecule has 0 radical (unpaired) electrons. The number of hydrogen-bond acceptors (Lipinski definition) is 2. The van der Waals surface area contributed by atoms with E-state index in [4.69, 9.17) is 0 Å². The first kappa shape index (κ1) is 15.8. The molecule has 0 saturated heterocycles. The van der Waals surface area contributed by atoms with Crippen LogP contribution in [0.3, 0.4) is 0 Å². The first-order valence-electron chi connectivity index (χ1n) is 7.87. The summed E-state index contributed by atoms with van der Waals surface area (Å²) in [6.45, 7) is 11.9. The Morgan fingerprint density at radius 3 is 2.38 bits per heavy atom. The van der Waals surface area contributed by atoms with Gasteiger partial charge in [-0.2, -0.15) is 0 Å². The molecule has 2 rings (SSSR count). The van der Waals surface area contributed by atoms with Gasteiger partial charge in [0.05, 0.1) is 12.1 Å². The first-order valence-corrected chi connectivity index (χ1v) is 7.87. The smallest absolute Gasteiger partial charge is 0.111 e. The van der Waals surface area contributed by atoms with Crippen LogP contribution in [-0.2, 0) is 0 Å². The molecule has 2 aromatic rings. The number of likely N-dealkylation sites (N-methyl/N-ethyl adjacent to an activating group) is 1. The van der Waals surface area contributed by atoms with Gasteiger partial charge >= 0.3 is 0 Å². The minimum Gasteiger partial charge on any atom is -0.330 e. The zero-order chi connectivity index (χ0) is 15.4. The number of hydrogen-bond donors (Lipinski definition) is 1. The number of aromatic nitrogens is 2. The van der Waals surface area contributed by atoms with Gasteiger partial charge < -0.3 is 9.88 Å². The van der Waals surface area contributed by atoms with Gasteiger partial charge in [-0.05, 0) is 26.0 Å². The molecule has 0 spiro atoms. The van der Waals surface area contributed by atoms with E-state index in [1.54, 1.807) is 0 Å². The lowest BCUT2D eigenvalue weighted by molar-refractivity contribution is 0.373. The second-order valence-corrected chi connectivity index (χ2v) is 6.03. The Kier molecular flexibility index (Phi) is 5.18. The van der Waals surface area contributed by atoms with Gasteiger partial charge in [0.2, 0.25) is 0 Å². The summed E-state index contributed by atoms with van der Waals surface area (Å²) in [4.78, 5) is 4.52. The van der Waals surface area contributed by atoms with E-state index < -0.39 is 0 Å². The van der Waals surface area contributed by atoms with E-state index in [0.29, 0.717) is 18.0 Å². The Hall–Kier alpha value is -1.61. The van der Waals surface area contributed by atoms with Crippen molar-refractivity contribution in [2.24, 2.45) is 0 Å². The van der Waals surface area contributed by atoms with Gasteiger partial charge in [-0.3, -0.25) is 0 Å². The molecular weight excluding hydrogens is 258 g/mol. The summed E-state index contributed by atoms with van der Waals surface area (Å²) in [6, 6.07) is 9.44. The summed E-state index contributed by atoms with van der Waals surface area (Å²) in [6.07, 6.45) is 4.00. The van der Waals surface area contributed by atoms with Gasteiger partial charge in [0.1, 0.15) is 5.82 Å². The number of imidazole rings is 1. The van der Waals surface area contributed by atoms with Crippen molar-refractivity contribution < 1.29 is 0 Å². The fourth-order valence-corrected chi connectivity index (χ4v) is 2.84. The zero-order valence-corrected chi connectivity index (χ0v) is 13.8. The topological polar surface area (TPSA) is 29.9 Å². The van der Waals surface area contributed by atoms with E-state index in [1.807, 2.05) is 6.20 Å². The third kappa shape index (κ3) is 3.53. The predicted octanol–water partition coefficient (Wildman–Crippen LogP) is 4.23. The monoisotopic (exact) mass is 285 g/mol. The highest BCUT2D eigenvalue weighted by Gasteiger charge is 2.22. The molecule has 0 bridgehead atoms. The molecule has 2 unspecified atom stereocenters. The second kappa shape index (κ2) is 6.90. The molecule has 2 atom stereocenters. The number of benzene rings is 1. The maximum atomic E-state index is 4.52. The summed E-state index contributed by atoms with van der Waals surface area (Å²) < 4.78 is 2.30. The van der Waals surface area contributed by atoms with Crippen molar-refractivity contribution in [2.75, 3.05) is 6.54 Å². The summed E-state index contributed by atoms with van der Waals surface area (Å²) in [5, 5.41) is 3.62. The van der Waals surface area contributed by atoms with Crippen molar-refractivity contribution in [3.8, 4) is 0 Å². The van der Waals surface area contributed by atoms with Crippen LogP contribution in [0.15, 0.2) is 36.7 Å². The molecular formula is C18H27N3. The van der Waals surface area contributed by atoms with E-state index in [0.717, 1.165) is 12.4 Å². The normalized spacial score (nSPS) is 14.4. The van der Waals surface area contributed by atoms with Crippen molar-refractivity contribution in [1.82, 2.24) is 14.9 Å². The molecule has 3 heteroatoms. The number of nitrogens with one attached hydrogen (secondary N) is 1. The molecule has 0 aliphatic heterocycles. The Labute approximate surface area is 128 Å². The Bertz CT molecular complexity index is 554. The molecule has 1 N–H and O–H groups in total. The standard InChI is InChI=1S/C18H27N3/c1-6-19-17(16-9-7-14(4)8-10-16)15(5)21-12-11-20-18(21)13(2)3/h7-13,15,17,19H,6H2,1-5H3. The van der Waals surface area contributed by atoms with Gasteiger partial charge in [-0.1, -0.05) is 50.6 Å². The van der Waals surface area contributed by atoms with E-state index in [9.17, 15) is 0 Å². The van der Waals surface area contributed by atoms with Crippen LogP contribution in [0.25, 0.3) is 0 Å². The van der Waals surface area contributed by atoms with Crippen molar-refractivity contribution in [2.45, 2.75) is 52.6 Å². The molecule has 114 valence electrons. The number of rotatable bonds is 6. The SMILES string of the molecule is CCNC(c1ccc(C)cc1)C(C)n1ccnc1C(C)C. The van der Waals surface area contributed by atoms with E-state index in [2.05, 4.69) is 79.9 Å². The van der Waals surface area contributed by atoms with Crippen molar-refractivity contribution in [3.63, 3.8) is 0 Å². The van der Waals surface area contributed by atoms with Crippen LogP contribution in [0.4, 0.5) is 0 Å². The Morgan fingerprint density at radius 2 is 1.81 bits per heavy atom. The average molecular weight is 285 g/mol. The summed E-state index contributed by atoms with van der Waals surface area (Å²) in [7, 11) is 0. The van der Waals surface area contributed by atoms with Gasteiger partial charge in [-0.15, -0.1) is 0 Å². The highest BCUT2D eigenvalue weighted by atomic mass is 15.1. The van der Waals surface area contributed by atoms with Crippen LogP contribution in [0.1, 0.15) is 62.6 Å². The lowest BCUT2D eigenvalue weighted by Gasteiger charge is -2.28. The van der Waals surface area contributed by atoms with Crippen LogP contribution < -0.4 is 5.32 Å². The maximum Gasteiger partial charge on any atom is 0.111 e. The molecule has 0 aliphatic carbocycles. The highest BCUT2D eigenvalue weighted by Crippen LogP contribution is 2.29. The molecule has 3 nitrogen and oxygen atoms in total. The molecule has 21 heavy (non-hydrogen) atoms. The van der Waals surface area contributed by atoms with E-state index >= 15 is 0 Å². The fourth-order valence-electron chi connectivity index (χ4n) is 2.84. The van der Waals surface area contributed by atoms with Crippen LogP contribution in [0.2, 0.25) is 0 Å². The molecule has 0 fully saturated rings. The fraction of sp³-hybridized carbons (Fsp3) is 0.500. The molecule has 1 heterocycles. The number of nitrogens with zero attached hydrogens (tertiary/aromatic N) is 2. The predicted molar refractivity (Wildman–Crippen MR) is 88.6 cm³/mol. The average Bonchev–Trinajstić information content (AvgIpc) is 2.95. The van der Waals surface area contributed by atoms with Crippen molar-refractivity contribution >= 4 is 0 Å². The third-order valence-electron chi connectivity index (χ3n) is 4.00. The first-order chi connectivity index (χ1) is 10.0. The van der Waals surface area contributed by atoms with Crippen molar-refractivity contribution in [1.29, 1.82) is 0 Å². The summed E-state index contributed by atoms with van der Waals surface area (Å²) >= 11 is 0.